The molecular weight excluding hydrogens is 236 g/mol. The van der Waals surface area contributed by atoms with Gasteiger partial charge in [0.1, 0.15) is 0 Å². The Balaban J connectivity index is 1.87. The average Bonchev–Trinajstić information content (AvgIpc) is 2.46. The number of aromatic nitrogens is 1. The van der Waals surface area contributed by atoms with E-state index in [2.05, 4.69) is 28.6 Å². The minimum atomic E-state index is 0.788. The molecule has 2 N–H and O–H groups in total. The predicted octanol–water partition coefficient (Wildman–Crippen LogP) is 2.22. The molecule has 1 fully saturated rings. The Morgan fingerprint density at radius 1 is 1.21 bits per heavy atom. The molecule has 2 heterocycles. The minimum absolute atomic E-state index is 0.788. The maximum atomic E-state index is 5.99. The molecule has 19 heavy (non-hydrogen) atoms. The summed E-state index contributed by atoms with van der Waals surface area (Å²) < 4.78 is 0. The second-order valence-corrected chi connectivity index (χ2v) is 5.40. The lowest BCUT2D eigenvalue weighted by molar-refractivity contribution is 0.212. The monoisotopic (exact) mass is 262 g/mol. The summed E-state index contributed by atoms with van der Waals surface area (Å²) in [4.78, 5) is 9.02. The van der Waals surface area contributed by atoms with Crippen LogP contribution in [0.3, 0.4) is 0 Å². The highest BCUT2D eigenvalue weighted by molar-refractivity contribution is 5.66. The third-order valence-electron chi connectivity index (χ3n) is 4.21. The quantitative estimate of drug-likeness (QED) is 0.884. The lowest BCUT2D eigenvalue weighted by Gasteiger charge is -2.37. The molecule has 0 bridgehead atoms. The molecular formula is C15H26N4. The van der Waals surface area contributed by atoms with E-state index in [4.69, 9.17) is 5.73 Å². The zero-order valence-corrected chi connectivity index (χ0v) is 12.2. The molecule has 4 heteroatoms. The van der Waals surface area contributed by atoms with Gasteiger partial charge in [0, 0.05) is 38.9 Å². The Bertz CT molecular complexity index is 381. The van der Waals surface area contributed by atoms with Crippen molar-refractivity contribution in [2.75, 3.05) is 43.4 Å². The third kappa shape index (κ3) is 3.60. The van der Waals surface area contributed by atoms with Crippen molar-refractivity contribution in [3.05, 3.63) is 18.5 Å². The second-order valence-electron chi connectivity index (χ2n) is 5.40. The molecule has 2 rings (SSSR count). The van der Waals surface area contributed by atoms with Crippen molar-refractivity contribution in [3.8, 4) is 0 Å². The van der Waals surface area contributed by atoms with Gasteiger partial charge in [-0.15, -0.1) is 0 Å². The van der Waals surface area contributed by atoms with E-state index >= 15 is 0 Å². The van der Waals surface area contributed by atoms with Crippen LogP contribution in [0.4, 0.5) is 11.4 Å². The zero-order valence-electron chi connectivity index (χ0n) is 12.2. The summed E-state index contributed by atoms with van der Waals surface area (Å²) in [6.45, 7) is 10.2. The summed E-state index contributed by atoms with van der Waals surface area (Å²) in [6, 6.07) is 2.02. The Morgan fingerprint density at radius 3 is 2.47 bits per heavy atom. The fourth-order valence-electron chi connectivity index (χ4n) is 2.77. The molecule has 0 saturated carbocycles. The first kappa shape index (κ1) is 14.1. The molecule has 0 aliphatic carbocycles. The van der Waals surface area contributed by atoms with Crippen LogP contribution in [0.1, 0.15) is 26.7 Å². The standard InChI is InChI=1S/C15H26N4/c1-3-13(4-2)12-18-7-9-19(10-8-18)15-5-6-17-11-14(15)16/h5-6,11,13H,3-4,7-10,12,16H2,1-2H3. The highest BCUT2D eigenvalue weighted by Gasteiger charge is 2.20. The van der Waals surface area contributed by atoms with Gasteiger partial charge in [0.2, 0.25) is 0 Å². The minimum Gasteiger partial charge on any atom is -0.396 e. The van der Waals surface area contributed by atoms with Gasteiger partial charge in [-0.1, -0.05) is 26.7 Å². The van der Waals surface area contributed by atoms with E-state index in [1.54, 1.807) is 6.20 Å². The number of piperazine rings is 1. The molecule has 0 aromatic carbocycles. The molecule has 1 saturated heterocycles. The first-order valence-corrected chi connectivity index (χ1v) is 7.41. The molecule has 0 radical (unpaired) electrons. The predicted molar refractivity (Wildman–Crippen MR) is 81.4 cm³/mol. The van der Waals surface area contributed by atoms with Crippen LogP contribution in [0.25, 0.3) is 0 Å². The summed E-state index contributed by atoms with van der Waals surface area (Å²) >= 11 is 0. The topological polar surface area (TPSA) is 45.4 Å². The fourth-order valence-corrected chi connectivity index (χ4v) is 2.77. The lowest BCUT2D eigenvalue weighted by Crippen LogP contribution is -2.47. The number of anilines is 2. The molecule has 0 spiro atoms. The van der Waals surface area contributed by atoms with Crippen LogP contribution < -0.4 is 10.6 Å². The SMILES string of the molecule is CCC(CC)CN1CCN(c2ccncc2N)CC1. The molecule has 4 nitrogen and oxygen atoms in total. The van der Waals surface area contributed by atoms with Gasteiger partial charge in [0.15, 0.2) is 0 Å². The van der Waals surface area contributed by atoms with Crippen molar-refractivity contribution in [1.29, 1.82) is 0 Å². The van der Waals surface area contributed by atoms with Crippen molar-refractivity contribution < 1.29 is 0 Å². The first-order valence-electron chi connectivity index (χ1n) is 7.41. The van der Waals surface area contributed by atoms with Gasteiger partial charge >= 0.3 is 0 Å². The number of rotatable bonds is 5. The number of nitrogens with two attached hydrogens (primary N) is 1. The van der Waals surface area contributed by atoms with Gasteiger partial charge in [0.25, 0.3) is 0 Å². The van der Waals surface area contributed by atoms with E-state index in [9.17, 15) is 0 Å². The van der Waals surface area contributed by atoms with Crippen LogP contribution in [0.15, 0.2) is 18.5 Å². The number of hydrogen-bond donors (Lipinski definition) is 1. The highest BCUT2D eigenvalue weighted by Crippen LogP contribution is 2.23. The van der Waals surface area contributed by atoms with Crippen LogP contribution >= 0.6 is 0 Å². The summed E-state index contributed by atoms with van der Waals surface area (Å²) in [7, 11) is 0. The van der Waals surface area contributed by atoms with E-state index in [1.807, 2.05) is 12.3 Å². The van der Waals surface area contributed by atoms with Gasteiger partial charge in [-0.3, -0.25) is 9.88 Å². The van der Waals surface area contributed by atoms with Crippen LogP contribution in [0, 0.1) is 5.92 Å². The van der Waals surface area contributed by atoms with Crippen LogP contribution in [0.5, 0.6) is 0 Å². The number of nitrogens with zero attached hydrogens (tertiary/aromatic N) is 3. The Labute approximate surface area is 116 Å². The molecule has 1 aromatic heterocycles. The molecule has 0 amide bonds. The number of pyridine rings is 1. The lowest BCUT2D eigenvalue weighted by atomic mass is 10.0. The van der Waals surface area contributed by atoms with Crippen molar-refractivity contribution >= 4 is 11.4 Å². The molecule has 0 atom stereocenters. The van der Waals surface area contributed by atoms with Crippen molar-refractivity contribution in [1.82, 2.24) is 9.88 Å². The second kappa shape index (κ2) is 6.75. The summed E-state index contributed by atoms with van der Waals surface area (Å²) in [5, 5.41) is 0. The molecule has 1 aliphatic rings. The van der Waals surface area contributed by atoms with E-state index in [0.29, 0.717) is 0 Å². The smallest absolute Gasteiger partial charge is 0.0738 e. The van der Waals surface area contributed by atoms with Crippen molar-refractivity contribution in [2.24, 2.45) is 5.92 Å². The fraction of sp³-hybridized carbons (Fsp3) is 0.667. The van der Waals surface area contributed by atoms with Crippen molar-refractivity contribution in [2.45, 2.75) is 26.7 Å². The van der Waals surface area contributed by atoms with Crippen LogP contribution in [0.2, 0.25) is 0 Å². The van der Waals surface area contributed by atoms with Gasteiger partial charge in [0.05, 0.1) is 17.6 Å². The van der Waals surface area contributed by atoms with Crippen LogP contribution in [-0.2, 0) is 0 Å². The van der Waals surface area contributed by atoms with Gasteiger partial charge < -0.3 is 10.6 Å². The molecule has 1 aliphatic heterocycles. The first-order chi connectivity index (χ1) is 9.24. The molecule has 1 aromatic rings. The Hall–Kier alpha value is -1.29. The maximum absolute atomic E-state index is 5.99. The molecule has 0 unspecified atom stereocenters. The maximum Gasteiger partial charge on any atom is 0.0738 e. The Kier molecular flexibility index (Phi) is 5.02. The van der Waals surface area contributed by atoms with E-state index in [1.165, 1.54) is 19.4 Å². The van der Waals surface area contributed by atoms with Gasteiger partial charge in [-0.2, -0.15) is 0 Å². The van der Waals surface area contributed by atoms with Gasteiger partial charge in [-0.25, -0.2) is 0 Å². The average molecular weight is 262 g/mol. The summed E-state index contributed by atoms with van der Waals surface area (Å²) in [6.07, 6.45) is 6.14. The zero-order chi connectivity index (χ0) is 13.7. The van der Waals surface area contributed by atoms with Crippen LogP contribution in [-0.4, -0.2) is 42.6 Å². The third-order valence-corrected chi connectivity index (χ3v) is 4.21. The highest BCUT2D eigenvalue weighted by atomic mass is 15.3. The van der Waals surface area contributed by atoms with Crippen molar-refractivity contribution in [3.63, 3.8) is 0 Å². The normalized spacial score (nSPS) is 17.1. The molecule has 106 valence electrons. The Morgan fingerprint density at radius 2 is 1.89 bits per heavy atom. The van der Waals surface area contributed by atoms with E-state index < -0.39 is 0 Å². The van der Waals surface area contributed by atoms with E-state index in [0.717, 1.165) is 43.5 Å². The number of nitrogen functional groups attached to an aromatic ring is 1. The number of hydrogen-bond acceptors (Lipinski definition) is 4. The summed E-state index contributed by atoms with van der Waals surface area (Å²) in [5.74, 6) is 0.845. The largest absolute Gasteiger partial charge is 0.396 e. The summed E-state index contributed by atoms with van der Waals surface area (Å²) in [5.41, 5.74) is 7.92. The van der Waals surface area contributed by atoms with Gasteiger partial charge in [-0.05, 0) is 12.0 Å². The van der Waals surface area contributed by atoms with E-state index in [-0.39, 0.29) is 0 Å².